The summed E-state index contributed by atoms with van der Waals surface area (Å²) in [5.41, 5.74) is 1.31. The maximum atomic E-state index is 4.17. The van der Waals surface area contributed by atoms with E-state index < -0.39 is 0 Å². The minimum atomic E-state index is 0.569. The van der Waals surface area contributed by atoms with Crippen molar-refractivity contribution in [3.05, 3.63) is 18.0 Å². The number of nitrogens with one attached hydrogen (secondary N) is 1. The lowest BCUT2D eigenvalue weighted by molar-refractivity contribution is 0.441. The first-order valence-electron chi connectivity index (χ1n) is 5.26. The first-order valence-corrected chi connectivity index (χ1v) is 5.26. The Morgan fingerprint density at radius 2 is 2.21 bits per heavy atom. The molecule has 0 amide bonds. The number of hydrogen-bond donors (Lipinski definition) is 1. The molecular weight excluding hydrogens is 174 g/mol. The molecule has 1 aromatic heterocycles. The minimum Gasteiger partial charge on any atom is -0.317 e. The van der Waals surface area contributed by atoms with Crippen LogP contribution in [0.25, 0.3) is 0 Å². The molecule has 0 bridgehead atoms. The number of aryl methyl sites for hydroxylation is 1. The van der Waals surface area contributed by atoms with Crippen molar-refractivity contribution < 1.29 is 0 Å². The second-order valence-electron chi connectivity index (χ2n) is 4.34. The van der Waals surface area contributed by atoms with Gasteiger partial charge in [-0.15, -0.1) is 0 Å². The molecule has 0 aromatic carbocycles. The fraction of sp³-hybridized carbons (Fsp3) is 0.727. The van der Waals surface area contributed by atoms with Crippen LogP contribution in [0.15, 0.2) is 12.4 Å². The van der Waals surface area contributed by atoms with Gasteiger partial charge >= 0.3 is 0 Å². The lowest BCUT2D eigenvalue weighted by Crippen LogP contribution is -2.28. The van der Waals surface area contributed by atoms with Crippen molar-refractivity contribution in [2.24, 2.45) is 13.0 Å². The van der Waals surface area contributed by atoms with Crippen LogP contribution in [0.1, 0.15) is 25.8 Å². The molecule has 1 aromatic rings. The van der Waals surface area contributed by atoms with E-state index in [-0.39, 0.29) is 0 Å². The molecule has 0 radical (unpaired) electrons. The van der Waals surface area contributed by atoms with Crippen LogP contribution in [0.3, 0.4) is 0 Å². The van der Waals surface area contributed by atoms with Crippen LogP contribution in [-0.4, -0.2) is 22.9 Å². The summed E-state index contributed by atoms with van der Waals surface area (Å²) in [6.07, 6.45) is 6.32. The Balaban J connectivity index is 2.48. The molecular formula is C11H21N3. The first kappa shape index (κ1) is 11.2. The smallest absolute Gasteiger partial charge is 0.0522 e. The van der Waals surface area contributed by atoms with E-state index in [1.54, 1.807) is 0 Å². The number of hydrogen-bond acceptors (Lipinski definition) is 2. The minimum absolute atomic E-state index is 0.569. The third kappa shape index (κ3) is 3.50. The van der Waals surface area contributed by atoms with E-state index in [1.165, 1.54) is 12.0 Å². The molecule has 1 rings (SSSR count). The average molecular weight is 195 g/mol. The maximum Gasteiger partial charge on any atom is 0.0522 e. The maximum absolute atomic E-state index is 4.17. The van der Waals surface area contributed by atoms with E-state index in [2.05, 4.69) is 30.5 Å². The summed E-state index contributed by atoms with van der Waals surface area (Å²) in [6, 6.07) is 0.569. The van der Waals surface area contributed by atoms with Crippen molar-refractivity contribution in [1.82, 2.24) is 15.1 Å². The van der Waals surface area contributed by atoms with Crippen LogP contribution < -0.4 is 5.32 Å². The number of nitrogens with zero attached hydrogens (tertiary/aromatic N) is 2. The molecule has 0 aliphatic carbocycles. The summed E-state index contributed by atoms with van der Waals surface area (Å²) in [6.45, 7) is 4.52. The van der Waals surface area contributed by atoms with Crippen molar-refractivity contribution >= 4 is 0 Å². The summed E-state index contributed by atoms with van der Waals surface area (Å²) in [5.74, 6) is 0.740. The SMILES string of the molecule is CNC(Cc1cnn(C)c1)CC(C)C. The molecule has 0 saturated carbocycles. The summed E-state index contributed by atoms with van der Waals surface area (Å²) in [4.78, 5) is 0. The van der Waals surface area contributed by atoms with E-state index in [0.29, 0.717) is 6.04 Å². The molecule has 1 N–H and O–H groups in total. The molecule has 14 heavy (non-hydrogen) atoms. The van der Waals surface area contributed by atoms with Crippen molar-refractivity contribution in [3.63, 3.8) is 0 Å². The van der Waals surface area contributed by atoms with Gasteiger partial charge in [0.1, 0.15) is 0 Å². The summed E-state index contributed by atoms with van der Waals surface area (Å²) < 4.78 is 1.86. The van der Waals surface area contributed by atoms with Gasteiger partial charge in [-0.3, -0.25) is 4.68 Å². The quantitative estimate of drug-likeness (QED) is 0.773. The normalized spacial score (nSPS) is 13.5. The standard InChI is InChI=1S/C11H21N3/c1-9(2)5-11(12-3)6-10-7-13-14(4)8-10/h7-9,11-12H,5-6H2,1-4H3. The number of aromatic nitrogens is 2. The van der Waals surface area contributed by atoms with E-state index >= 15 is 0 Å². The van der Waals surface area contributed by atoms with Crippen LogP contribution in [0.4, 0.5) is 0 Å². The van der Waals surface area contributed by atoms with E-state index in [1.807, 2.05) is 25.0 Å². The topological polar surface area (TPSA) is 29.9 Å². The van der Waals surface area contributed by atoms with E-state index in [0.717, 1.165) is 12.3 Å². The fourth-order valence-corrected chi connectivity index (χ4v) is 1.73. The van der Waals surface area contributed by atoms with Gasteiger partial charge in [0.05, 0.1) is 6.20 Å². The van der Waals surface area contributed by atoms with Gasteiger partial charge in [0.2, 0.25) is 0 Å². The van der Waals surface area contributed by atoms with Gasteiger partial charge in [-0.1, -0.05) is 13.8 Å². The van der Waals surface area contributed by atoms with Gasteiger partial charge < -0.3 is 5.32 Å². The van der Waals surface area contributed by atoms with E-state index in [9.17, 15) is 0 Å². The Labute approximate surface area is 86.5 Å². The highest BCUT2D eigenvalue weighted by molar-refractivity contribution is 5.05. The van der Waals surface area contributed by atoms with Gasteiger partial charge in [0.15, 0.2) is 0 Å². The Morgan fingerprint density at radius 3 is 2.64 bits per heavy atom. The van der Waals surface area contributed by atoms with Crippen molar-refractivity contribution in [2.45, 2.75) is 32.7 Å². The molecule has 0 aliphatic heterocycles. The zero-order valence-electron chi connectivity index (χ0n) is 9.62. The molecule has 0 aliphatic rings. The largest absolute Gasteiger partial charge is 0.317 e. The van der Waals surface area contributed by atoms with Crippen LogP contribution >= 0.6 is 0 Å². The fourth-order valence-electron chi connectivity index (χ4n) is 1.73. The van der Waals surface area contributed by atoms with Crippen LogP contribution in [-0.2, 0) is 13.5 Å². The highest BCUT2D eigenvalue weighted by atomic mass is 15.2. The molecule has 0 spiro atoms. The molecule has 0 saturated heterocycles. The lowest BCUT2D eigenvalue weighted by atomic mass is 9.99. The van der Waals surface area contributed by atoms with Crippen molar-refractivity contribution in [3.8, 4) is 0 Å². The summed E-state index contributed by atoms with van der Waals surface area (Å²) in [5, 5.41) is 7.53. The summed E-state index contributed by atoms with van der Waals surface area (Å²) >= 11 is 0. The molecule has 80 valence electrons. The summed E-state index contributed by atoms with van der Waals surface area (Å²) in [7, 11) is 3.99. The molecule has 1 unspecified atom stereocenters. The zero-order valence-corrected chi connectivity index (χ0v) is 9.62. The molecule has 3 nitrogen and oxygen atoms in total. The molecule has 3 heteroatoms. The highest BCUT2D eigenvalue weighted by Gasteiger charge is 2.10. The molecule has 0 fully saturated rings. The van der Waals surface area contributed by atoms with Gasteiger partial charge in [0.25, 0.3) is 0 Å². The van der Waals surface area contributed by atoms with Gasteiger partial charge in [-0.05, 0) is 31.4 Å². The van der Waals surface area contributed by atoms with E-state index in [4.69, 9.17) is 0 Å². The van der Waals surface area contributed by atoms with Crippen LogP contribution in [0, 0.1) is 5.92 Å². The second kappa shape index (κ2) is 5.15. The Morgan fingerprint density at radius 1 is 1.50 bits per heavy atom. The molecule has 1 heterocycles. The monoisotopic (exact) mass is 195 g/mol. The highest BCUT2D eigenvalue weighted by Crippen LogP contribution is 2.09. The predicted octanol–water partition coefficient (Wildman–Crippen LogP) is 1.60. The third-order valence-corrected chi connectivity index (χ3v) is 2.40. The Bertz CT molecular complexity index is 265. The zero-order chi connectivity index (χ0) is 10.6. The van der Waals surface area contributed by atoms with Crippen LogP contribution in [0.2, 0.25) is 0 Å². The van der Waals surface area contributed by atoms with Gasteiger partial charge in [-0.25, -0.2) is 0 Å². The number of likely N-dealkylation sites (N-methyl/N-ethyl adjacent to an activating group) is 1. The van der Waals surface area contributed by atoms with Crippen molar-refractivity contribution in [2.75, 3.05) is 7.05 Å². The van der Waals surface area contributed by atoms with Gasteiger partial charge in [-0.2, -0.15) is 5.10 Å². The average Bonchev–Trinajstić information content (AvgIpc) is 2.49. The lowest BCUT2D eigenvalue weighted by Gasteiger charge is -2.17. The van der Waals surface area contributed by atoms with Gasteiger partial charge in [0, 0.05) is 19.3 Å². The Kier molecular flexibility index (Phi) is 4.14. The third-order valence-electron chi connectivity index (χ3n) is 2.40. The first-order chi connectivity index (χ1) is 6.61. The predicted molar refractivity (Wildman–Crippen MR) is 59.2 cm³/mol. The van der Waals surface area contributed by atoms with Crippen LogP contribution in [0.5, 0.6) is 0 Å². The van der Waals surface area contributed by atoms with Crippen molar-refractivity contribution in [1.29, 1.82) is 0 Å². The second-order valence-corrected chi connectivity index (χ2v) is 4.34. The molecule has 1 atom stereocenters. The Hall–Kier alpha value is -0.830. The number of rotatable bonds is 5.